The average molecular weight is 295 g/mol. The highest BCUT2D eigenvalue weighted by atomic mass is 16.5. The second-order valence-corrected chi connectivity index (χ2v) is 4.94. The third-order valence-corrected chi connectivity index (χ3v) is 3.75. The van der Waals surface area contributed by atoms with E-state index in [0.29, 0.717) is 22.6 Å². The van der Waals surface area contributed by atoms with Crippen molar-refractivity contribution in [2.75, 3.05) is 14.2 Å². The number of hydrogen-bond donors (Lipinski definition) is 1. The second-order valence-electron chi connectivity index (χ2n) is 4.94. The van der Waals surface area contributed by atoms with Crippen molar-refractivity contribution in [3.05, 3.63) is 46.3 Å². The maximum Gasteiger partial charge on any atom is 0.164 e. The summed E-state index contributed by atoms with van der Waals surface area (Å²) in [5, 5.41) is 22.2. The van der Waals surface area contributed by atoms with Crippen LogP contribution in [0.2, 0.25) is 0 Å². The highest BCUT2D eigenvalue weighted by molar-refractivity contribution is 5.60. The van der Waals surface area contributed by atoms with Crippen LogP contribution in [0.5, 0.6) is 11.5 Å². The Hall–Kier alpha value is -2.92. The molecule has 1 heterocycles. The minimum Gasteiger partial charge on any atom is -0.493 e. The van der Waals surface area contributed by atoms with Gasteiger partial charge in [-0.2, -0.15) is 10.5 Å². The van der Waals surface area contributed by atoms with Crippen LogP contribution in [0.25, 0.3) is 0 Å². The van der Waals surface area contributed by atoms with Gasteiger partial charge in [-0.05, 0) is 19.9 Å². The first kappa shape index (κ1) is 15.5. The lowest BCUT2D eigenvalue weighted by Gasteiger charge is -2.27. The molecule has 0 bridgehead atoms. The largest absolute Gasteiger partial charge is 0.493 e. The second kappa shape index (κ2) is 6.24. The molecular formula is C17H17N3O2. The summed E-state index contributed by atoms with van der Waals surface area (Å²) in [6, 6.07) is 9.89. The number of para-hydroxylation sites is 1. The van der Waals surface area contributed by atoms with Gasteiger partial charge in [-0.3, -0.25) is 0 Å². The predicted molar refractivity (Wildman–Crippen MR) is 82.0 cm³/mol. The van der Waals surface area contributed by atoms with Gasteiger partial charge in [-0.25, -0.2) is 0 Å². The summed E-state index contributed by atoms with van der Waals surface area (Å²) in [4.78, 5) is 0. The maximum absolute atomic E-state index is 9.53. The van der Waals surface area contributed by atoms with Crippen LogP contribution >= 0.6 is 0 Å². The van der Waals surface area contributed by atoms with Crippen molar-refractivity contribution in [3.8, 4) is 23.6 Å². The molecule has 0 atom stereocenters. The Bertz CT molecular complexity index is 712. The Balaban J connectivity index is 2.75. The van der Waals surface area contributed by atoms with Crippen molar-refractivity contribution in [2.45, 2.75) is 19.8 Å². The number of benzene rings is 1. The van der Waals surface area contributed by atoms with E-state index in [1.807, 2.05) is 26.0 Å². The molecule has 1 aromatic rings. The smallest absolute Gasteiger partial charge is 0.164 e. The summed E-state index contributed by atoms with van der Waals surface area (Å²) in [7, 11) is 3.11. The molecule has 5 nitrogen and oxygen atoms in total. The van der Waals surface area contributed by atoms with E-state index < -0.39 is 5.92 Å². The van der Waals surface area contributed by atoms with Crippen LogP contribution < -0.4 is 14.8 Å². The molecule has 1 N–H and O–H groups in total. The fraction of sp³-hybridized carbons (Fsp3) is 0.294. The van der Waals surface area contributed by atoms with E-state index in [1.54, 1.807) is 20.3 Å². The lowest BCUT2D eigenvalue weighted by Crippen LogP contribution is -2.23. The summed E-state index contributed by atoms with van der Waals surface area (Å²) in [5.41, 5.74) is 3.25. The minimum atomic E-state index is -0.457. The zero-order valence-corrected chi connectivity index (χ0v) is 13.0. The molecule has 0 fully saturated rings. The standard InChI is InChI=1S/C17H17N3O2/c1-10-13(8-18)16(14(9-19)11(2)20-10)12-6-5-7-15(21-3)17(12)22-4/h5-7,16,20H,1-4H3. The molecule has 0 spiro atoms. The molecule has 1 aliphatic rings. The number of hydrogen-bond acceptors (Lipinski definition) is 5. The van der Waals surface area contributed by atoms with Crippen LogP contribution in [0.4, 0.5) is 0 Å². The molecule has 2 rings (SSSR count). The van der Waals surface area contributed by atoms with Gasteiger partial charge in [0.25, 0.3) is 0 Å². The van der Waals surface area contributed by atoms with E-state index in [4.69, 9.17) is 9.47 Å². The molecule has 22 heavy (non-hydrogen) atoms. The third-order valence-electron chi connectivity index (χ3n) is 3.75. The molecule has 1 aromatic carbocycles. The van der Waals surface area contributed by atoms with Gasteiger partial charge in [0.1, 0.15) is 0 Å². The van der Waals surface area contributed by atoms with Crippen molar-refractivity contribution in [3.63, 3.8) is 0 Å². The summed E-state index contributed by atoms with van der Waals surface area (Å²) in [6.07, 6.45) is 0. The molecule has 112 valence electrons. The molecular weight excluding hydrogens is 278 g/mol. The Morgan fingerprint density at radius 1 is 1.00 bits per heavy atom. The van der Waals surface area contributed by atoms with Crippen LogP contribution in [-0.2, 0) is 0 Å². The number of nitriles is 2. The summed E-state index contributed by atoms with van der Waals surface area (Å²) >= 11 is 0. The zero-order valence-electron chi connectivity index (χ0n) is 13.0. The van der Waals surface area contributed by atoms with Crippen molar-refractivity contribution in [1.82, 2.24) is 5.32 Å². The van der Waals surface area contributed by atoms with Gasteiger partial charge in [-0.1, -0.05) is 12.1 Å². The van der Waals surface area contributed by atoms with E-state index in [9.17, 15) is 10.5 Å². The highest BCUT2D eigenvalue weighted by Crippen LogP contribution is 2.44. The molecule has 5 heteroatoms. The maximum atomic E-state index is 9.53. The molecule has 0 unspecified atom stereocenters. The van der Waals surface area contributed by atoms with Gasteiger partial charge < -0.3 is 14.8 Å². The summed E-state index contributed by atoms with van der Waals surface area (Å²) in [5.74, 6) is 0.655. The predicted octanol–water partition coefficient (Wildman–Crippen LogP) is 2.99. The number of nitrogens with one attached hydrogen (secondary N) is 1. The number of dihydropyridines is 1. The van der Waals surface area contributed by atoms with E-state index >= 15 is 0 Å². The van der Waals surface area contributed by atoms with Crippen LogP contribution in [0.1, 0.15) is 25.3 Å². The van der Waals surface area contributed by atoms with Gasteiger partial charge in [0, 0.05) is 17.0 Å². The Kier molecular flexibility index (Phi) is 4.39. The molecule has 0 aliphatic carbocycles. The topological polar surface area (TPSA) is 78.1 Å². The van der Waals surface area contributed by atoms with Crippen LogP contribution in [-0.4, -0.2) is 14.2 Å². The van der Waals surface area contributed by atoms with E-state index in [0.717, 1.165) is 17.0 Å². The Morgan fingerprint density at radius 2 is 1.59 bits per heavy atom. The van der Waals surface area contributed by atoms with Gasteiger partial charge in [0.05, 0.1) is 43.4 Å². The normalized spacial score (nSPS) is 15.0. The van der Waals surface area contributed by atoms with E-state index in [-0.39, 0.29) is 0 Å². The Morgan fingerprint density at radius 3 is 2.05 bits per heavy atom. The summed E-state index contributed by atoms with van der Waals surface area (Å²) < 4.78 is 10.8. The number of ether oxygens (including phenoxy) is 2. The monoisotopic (exact) mass is 295 g/mol. The molecule has 1 aliphatic heterocycles. The first-order valence-corrected chi connectivity index (χ1v) is 6.78. The average Bonchev–Trinajstić information content (AvgIpc) is 2.53. The highest BCUT2D eigenvalue weighted by Gasteiger charge is 2.32. The van der Waals surface area contributed by atoms with Crippen molar-refractivity contribution in [2.24, 2.45) is 0 Å². The number of rotatable bonds is 3. The first-order chi connectivity index (χ1) is 10.6. The lowest BCUT2D eigenvalue weighted by molar-refractivity contribution is 0.351. The number of methoxy groups -OCH3 is 2. The van der Waals surface area contributed by atoms with Crippen LogP contribution in [0.3, 0.4) is 0 Å². The Labute approximate surface area is 130 Å². The fourth-order valence-electron chi connectivity index (χ4n) is 2.74. The molecule has 0 saturated carbocycles. The SMILES string of the molecule is COc1cccc(C2C(C#N)=C(C)NC(C)=C2C#N)c1OC. The van der Waals surface area contributed by atoms with Crippen LogP contribution in [0.15, 0.2) is 40.7 Å². The third kappa shape index (κ3) is 2.38. The van der Waals surface area contributed by atoms with Gasteiger partial charge in [-0.15, -0.1) is 0 Å². The van der Waals surface area contributed by atoms with Crippen LogP contribution in [0, 0.1) is 22.7 Å². The van der Waals surface area contributed by atoms with E-state index in [1.165, 1.54) is 0 Å². The number of nitrogens with zero attached hydrogens (tertiary/aromatic N) is 2. The lowest BCUT2D eigenvalue weighted by atomic mass is 9.81. The van der Waals surface area contributed by atoms with Gasteiger partial charge in [0.2, 0.25) is 0 Å². The van der Waals surface area contributed by atoms with Crippen molar-refractivity contribution < 1.29 is 9.47 Å². The fourth-order valence-corrected chi connectivity index (χ4v) is 2.74. The van der Waals surface area contributed by atoms with Crippen molar-refractivity contribution >= 4 is 0 Å². The molecule has 0 saturated heterocycles. The zero-order chi connectivity index (χ0) is 16.3. The van der Waals surface area contributed by atoms with Gasteiger partial charge in [0.15, 0.2) is 11.5 Å². The molecule has 0 aromatic heterocycles. The quantitative estimate of drug-likeness (QED) is 0.927. The molecule has 0 amide bonds. The van der Waals surface area contributed by atoms with E-state index in [2.05, 4.69) is 17.5 Å². The minimum absolute atomic E-state index is 0.457. The van der Waals surface area contributed by atoms with Crippen molar-refractivity contribution in [1.29, 1.82) is 10.5 Å². The summed E-state index contributed by atoms with van der Waals surface area (Å²) in [6.45, 7) is 3.66. The molecule has 0 radical (unpaired) electrons. The van der Waals surface area contributed by atoms with Gasteiger partial charge >= 0.3 is 0 Å². The number of allylic oxidation sites excluding steroid dienone is 4. The first-order valence-electron chi connectivity index (χ1n) is 6.78.